The van der Waals surface area contributed by atoms with Gasteiger partial charge >= 0.3 is 6.18 Å². The number of nitrogens with zero attached hydrogens (tertiary/aromatic N) is 1. The van der Waals surface area contributed by atoms with Crippen molar-refractivity contribution in [1.29, 1.82) is 0 Å². The molecular weight excluding hydrogens is 313 g/mol. The Bertz CT molecular complexity index is 715. The van der Waals surface area contributed by atoms with Crippen LogP contribution >= 0.6 is 11.3 Å². The van der Waals surface area contributed by atoms with E-state index in [1.807, 2.05) is 0 Å². The SMILES string of the molecule is CC(=NN)c1csc(/C=C/c2ccc(C(F)(F)F)cc2)c1O. The number of hydrogen-bond donors (Lipinski definition) is 2. The summed E-state index contributed by atoms with van der Waals surface area (Å²) in [5.74, 6) is 5.22. The second kappa shape index (κ2) is 6.23. The fraction of sp³-hybridized carbons (Fsp3) is 0.133. The molecule has 0 aliphatic heterocycles. The lowest BCUT2D eigenvalue weighted by Gasteiger charge is -2.05. The van der Waals surface area contributed by atoms with Crippen LogP contribution in [0.25, 0.3) is 12.2 Å². The van der Waals surface area contributed by atoms with Crippen molar-refractivity contribution in [3.05, 3.63) is 51.2 Å². The van der Waals surface area contributed by atoms with E-state index in [1.165, 1.54) is 23.5 Å². The number of hydrogen-bond acceptors (Lipinski definition) is 4. The van der Waals surface area contributed by atoms with E-state index in [0.717, 1.165) is 12.1 Å². The normalized spacial score (nSPS) is 13.0. The Morgan fingerprint density at radius 3 is 2.41 bits per heavy atom. The lowest BCUT2D eigenvalue weighted by Crippen LogP contribution is -2.03. The molecule has 0 saturated carbocycles. The van der Waals surface area contributed by atoms with Gasteiger partial charge in [0.25, 0.3) is 0 Å². The Morgan fingerprint density at radius 2 is 1.86 bits per heavy atom. The first-order chi connectivity index (χ1) is 10.3. The molecule has 0 atom stereocenters. The summed E-state index contributed by atoms with van der Waals surface area (Å²) in [5, 5.41) is 15.3. The monoisotopic (exact) mass is 326 g/mol. The van der Waals surface area contributed by atoms with Crippen LogP contribution in [0, 0.1) is 0 Å². The second-order valence-electron chi connectivity index (χ2n) is 4.53. The molecule has 0 unspecified atom stereocenters. The highest BCUT2D eigenvalue weighted by atomic mass is 32.1. The van der Waals surface area contributed by atoms with Gasteiger partial charge in [0.05, 0.1) is 21.7 Å². The molecule has 0 amide bonds. The Kier molecular flexibility index (Phi) is 4.56. The zero-order valence-corrected chi connectivity index (χ0v) is 12.4. The molecular formula is C15H13F3N2OS. The summed E-state index contributed by atoms with van der Waals surface area (Å²) >= 11 is 1.29. The van der Waals surface area contributed by atoms with Crippen molar-refractivity contribution in [3.8, 4) is 5.75 Å². The molecule has 1 heterocycles. The van der Waals surface area contributed by atoms with Gasteiger partial charge in [0, 0.05) is 5.38 Å². The summed E-state index contributed by atoms with van der Waals surface area (Å²) in [6.45, 7) is 1.67. The Hall–Kier alpha value is -2.28. The van der Waals surface area contributed by atoms with Crippen molar-refractivity contribution in [3.63, 3.8) is 0 Å². The van der Waals surface area contributed by atoms with Gasteiger partial charge in [-0.15, -0.1) is 11.3 Å². The molecule has 22 heavy (non-hydrogen) atoms. The van der Waals surface area contributed by atoms with Crippen LogP contribution in [-0.4, -0.2) is 10.8 Å². The van der Waals surface area contributed by atoms with Crippen LogP contribution in [0.3, 0.4) is 0 Å². The van der Waals surface area contributed by atoms with Gasteiger partial charge in [0.15, 0.2) is 0 Å². The summed E-state index contributed by atoms with van der Waals surface area (Å²) in [7, 11) is 0. The zero-order chi connectivity index (χ0) is 16.3. The molecule has 0 fully saturated rings. The van der Waals surface area contributed by atoms with Crippen LogP contribution in [0.2, 0.25) is 0 Å². The molecule has 0 bridgehead atoms. The van der Waals surface area contributed by atoms with Crippen molar-refractivity contribution >= 4 is 29.2 Å². The first-order valence-electron chi connectivity index (χ1n) is 6.23. The quantitative estimate of drug-likeness (QED) is 0.501. The average molecular weight is 326 g/mol. The van der Waals surface area contributed by atoms with Gasteiger partial charge in [-0.1, -0.05) is 18.2 Å². The molecule has 0 aliphatic rings. The molecule has 1 aromatic carbocycles. The number of hydrazone groups is 1. The van der Waals surface area contributed by atoms with Crippen molar-refractivity contribution in [2.45, 2.75) is 13.1 Å². The first-order valence-corrected chi connectivity index (χ1v) is 7.11. The van der Waals surface area contributed by atoms with Crippen molar-refractivity contribution in [1.82, 2.24) is 0 Å². The number of halogens is 3. The molecule has 3 N–H and O–H groups in total. The van der Waals surface area contributed by atoms with Crippen LogP contribution in [-0.2, 0) is 6.18 Å². The predicted molar refractivity (Wildman–Crippen MR) is 82.8 cm³/mol. The van der Waals surface area contributed by atoms with Crippen molar-refractivity contribution in [2.75, 3.05) is 0 Å². The third-order valence-corrected chi connectivity index (χ3v) is 3.98. The van der Waals surface area contributed by atoms with Gasteiger partial charge in [0.2, 0.25) is 0 Å². The number of alkyl halides is 3. The van der Waals surface area contributed by atoms with E-state index in [0.29, 0.717) is 21.7 Å². The largest absolute Gasteiger partial charge is 0.506 e. The molecule has 0 saturated heterocycles. The maximum Gasteiger partial charge on any atom is 0.416 e. The number of thiophene rings is 1. The zero-order valence-electron chi connectivity index (χ0n) is 11.6. The van der Waals surface area contributed by atoms with Crippen LogP contribution in [0.4, 0.5) is 13.2 Å². The minimum atomic E-state index is -4.34. The van der Waals surface area contributed by atoms with Crippen LogP contribution < -0.4 is 5.84 Å². The van der Waals surface area contributed by atoms with E-state index >= 15 is 0 Å². The van der Waals surface area contributed by atoms with Crippen molar-refractivity contribution < 1.29 is 18.3 Å². The van der Waals surface area contributed by atoms with Gasteiger partial charge in [-0.05, 0) is 30.7 Å². The van der Waals surface area contributed by atoms with E-state index in [2.05, 4.69) is 5.10 Å². The standard InChI is InChI=1S/C15H13F3N2OS/c1-9(20-19)12-8-22-13(14(12)21)7-4-10-2-5-11(6-3-10)15(16,17)18/h2-8,21H,19H2,1H3/b7-4+,20-9?. The summed E-state index contributed by atoms with van der Waals surface area (Å²) in [6, 6.07) is 4.78. The van der Waals surface area contributed by atoms with E-state index in [9.17, 15) is 18.3 Å². The molecule has 3 nitrogen and oxygen atoms in total. The minimum absolute atomic E-state index is 0.0554. The molecule has 2 aromatic rings. The lowest BCUT2D eigenvalue weighted by atomic mass is 10.1. The molecule has 7 heteroatoms. The number of rotatable bonds is 3. The Morgan fingerprint density at radius 1 is 1.23 bits per heavy atom. The van der Waals surface area contributed by atoms with E-state index in [1.54, 1.807) is 24.5 Å². The molecule has 0 aliphatic carbocycles. The summed E-state index contributed by atoms with van der Waals surface area (Å²) < 4.78 is 37.4. The predicted octanol–water partition coefficient (Wildman–Crippen LogP) is 4.33. The minimum Gasteiger partial charge on any atom is -0.506 e. The van der Waals surface area contributed by atoms with Crippen LogP contribution in [0.5, 0.6) is 5.75 Å². The topological polar surface area (TPSA) is 58.6 Å². The second-order valence-corrected chi connectivity index (χ2v) is 5.44. The maximum absolute atomic E-state index is 12.5. The molecule has 1 aromatic heterocycles. The fourth-order valence-electron chi connectivity index (χ4n) is 1.77. The van der Waals surface area contributed by atoms with E-state index in [-0.39, 0.29) is 5.75 Å². The fourth-order valence-corrected chi connectivity index (χ4v) is 2.66. The summed E-state index contributed by atoms with van der Waals surface area (Å²) in [5.41, 5.74) is 0.953. The van der Waals surface area contributed by atoms with Gasteiger partial charge in [0.1, 0.15) is 5.75 Å². The highest BCUT2D eigenvalue weighted by Gasteiger charge is 2.29. The van der Waals surface area contributed by atoms with Crippen LogP contribution in [0.15, 0.2) is 34.7 Å². The number of aromatic hydroxyl groups is 1. The van der Waals surface area contributed by atoms with Gasteiger partial charge in [-0.3, -0.25) is 0 Å². The highest BCUT2D eigenvalue weighted by molar-refractivity contribution is 7.11. The van der Waals surface area contributed by atoms with E-state index < -0.39 is 11.7 Å². The first kappa shape index (κ1) is 16.1. The molecule has 0 radical (unpaired) electrons. The average Bonchev–Trinajstić information content (AvgIpc) is 2.85. The summed E-state index contributed by atoms with van der Waals surface area (Å²) in [6.07, 6.45) is -1.08. The van der Waals surface area contributed by atoms with E-state index in [4.69, 9.17) is 5.84 Å². The lowest BCUT2D eigenvalue weighted by molar-refractivity contribution is -0.137. The Labute approximate surface area is 129 Å². The van der Waals surface area contributed by atoms with Gasteiger partial charge < -0.3 is 10.9 Å². The maximum atomic E-state index is 12.5. The highest BCUT2D eigenvalue weighted by Crippen LogP contribution is 2.32. The van der Waals surface area contributed by atoms with Crippen LogP contribution in [0.1, 0.15) is 28.5 Å². The van der Waals surface area contributed by atoms with Gasteiger partial charge in [-0.2, -0.15) is 18.3 Å². The van der Waals surface area contributed by atoms with Gasteiger partial charge in [-0.25, -0.2) is 0 Å². The third kappa shape index (κ3) is 3.48. The molecule has 0 spiro atoms. The van der Waals surface area contributed by atoms with Crippen molar-refractivity contribution in [2.24, 2.45) is 10.9 Å². The molecule has 2 rings (SSSR count). The smallest absolute Gasteiger partial charge is 0.416 e. The Balaban J connectivity index is 2.21. The number of nitrogens with two attached hydrogens (primary N) is 1. The summed E-state index contributed by atoms with van der Waals surface area (Å²) in [4.78, 5) is 0.581. The third-order valence-electron chi connectivity index (χ3n) is 3.04. The molecule has 116 valence electrons. The number of benzene rings is 1.